The Kier molecular flexibility index (Phi) is 7.82. The summed E-state index contributed by atoms with van der Waals surface area (Å²) in [4.78, 5) is 15.5. The Balaban J connectivity index is 1.63. The summed E-state index contributed by atoms with van der Waals surface area (Å²) < 4.78 is 34.8. The number of hydrogen-bond donors (Lipinski definition) is 1. The predicted molar refractivity (Wildman–Crippen MR) is 115 cm³/mol. The average Bonchev–Trinajstić information content (AvgIpc) is 2.86. The summed E-state index contributed by atoms with van der Waals surface area (Å²) in [7, 11) is 3.13. The normalized spacial score (nSPS) is 13.5. The number of nitrogens with one attached hydrogen (secondary N) is 1. The van der Waals surface area contributed by atoms with Crippen LogP contribution < -0.4 is 14.8 Å². The van der Waals surface area contributed by atoms with Gasteiger partial charge in [0, 0.05) is 11.4 Å². The number of amides is 1. The van der Waals surface area contributed by atoms with Crippen molar-refractivity contribution in [3.05, 3.63) is 39.8 Å². The molecular formula is C22H25F2N3O3S. The number of likely N-dealkylation sites (N-methyl/N-ethyl adjacent to an activating group) is 1. The van der Waals surface area contributed by atoms with Crippen LogP contribution in [-0.4, -0.2) is 38.1 Å². The number of carbonyl (C=O) groups excluding carboxylic acids is 1. The van der Waals surface area contributed by atoms with E-state index in [0.717, 1.165) is 37.7 Å². The van der Waals surface area contributed by atoms with Crippen LogP contribution in [-0.2, 0) is 24.2 Å². The third kappa shape index (κ3) is 5.93. The van der Waals surface area contributed by atoms with Gasteiger partial charge in [-0.15, -0.1) is 11.3 Å². The number of rotatable bonds is 8. The Labute approximate surface area is 184 Å². The molecule has 3 rings (SSSR count). The van der Waals surface area contributed by atoms with E-state index in [1.54, 1.807) is 24.1 Å². The molecule has 166 valence electrons. The minimum atomic E-state index is -2.96. The number of benzene rings is 1. The second-order valence-electron chi connectivity index (χ2n) is 7.46. The van der Waals surface area contributed by atoms with E-state index in [4.69, 9.17) is 4.74 Å². The zero-order valence-electron chi connectivity index (χ0n) is 17.5. The molecule has 1 heterocycles. The number of nitriles is 1. The number of thiophene rings is 1. The molecule has 31 heavy (non-hydrogen) atoms. The van der Waals surface area contributed by atoms with Crippen molar-refractivity contribution in [3.63, 3.8) is 0 Å². The van der Waals surface area contributed by atoms with Gasteiger partial charge in [-0.2, -0.15) is 14.0 Å². The van der Waals surface area contributed by atoms with Gasteiger partial charge < -0.3 is 14.8 Å². The van der Waals surface area contributed by atoms with Crippen LogP contribution in [0.1, 0.15) is 40.8 Å². The number of fused-ring (bicyclic) bond motifs is 1. The van der Waals surface area contributed by atoms with Crippen LogP contribution in [0.3, 0.4) is 0 Å². The van der Waals surface area contributed by atoms with Gasteiger partial charge in [0.15, 0.2) is 11.5 Å². The van der Waals surface area contributed by atoms with Crippen molar-refractivity contribution in [2.24, 2.45) is 0 Å². The van der Waals surface area contributed by atoms with Gasteiger partial charge in [-0.05, 0) is 56.0 Å². The number of aryl methyl sites for hydroxylation is 1. The first-order valence-electron chi connectivity index (χ1n) is 10.1. The predicted octanol–water partition coefficient (Wildman–Crippen LogP) is 4.57. The van der Waals surface area contributed by atoms with E-state index in [2.05, 4.69) is 16.1 Å². The van der Waals surface area contributed by atoms with Crippen LogP contribution in [0.15, 0.2) is 18.2 Å². The Morgan fingerprint density at radius 2 is 2.06 bits per heavy atom. The van der Waals surface area contributed by atoms with Crippen LogP contribution >= 0.6 is 11.3 Å². The summed E-state index contributed by atoms with van der Waals surface area (Å²) in [6.07, 6.45) is 5.16. The third-order valence-electron chi connectivity index (χ3n) is 5.10. The summed E-state index contributed by atoms with van der Waals surface area (Å²) in [6, 6.07) is 7.02. The highest BCUT2D eigenvalue weighted by molar-refractivity contribution is 7.16. The van der Waals surface area contributed by atoms with Gasteiger partial charge in [-0.3, -0.25) is 9.69 Å². The number of hydrogen-bond acceptors (Lipinski definition) is 6. The molecule has 1 aliphatic carbocycles. The van der Waals surface area contributed by atoms with E-state index >= 15 is 0 Å². The van der Waals surface area contributed by atoms with Crippen LogP contribution in [0.25, 0.3) is 0 Å². The molecule has 1 aromatic heterocycles. The molecule has 0 saturated heterocycles. The first-order valence-corrected chi connectivity index (χ1v) is 10.9. The molecule has 0 bridgehead atoms. The molecule has 2 aromatic rings. The highest BCUT2D eigenvalue weighted by Gasteiger charge is 2.21. The maximum absolute atomic E-state index is 12.6. The monoisotopic (exact) mass is 449 g/mol. The molecule has 0 radical (unpaired) electrons. The molecule has 1 amide bonds. The molecule has 0 fully saturated rings. The highest BCUT2D eigenvalue weighted by Crippen LogP contribution is 2.37. The number of alkyl halides is 2. The van der Waals surface area contributed by atoms with Crippen molar-refractivity contribution in [2.75, 3.05) is 26.0 Å². The largest absolute Gasteiger partial charge is 0.493 e. The molecule has 6 nitrogen and oxygen atoms in total. The number of ether oxygens (including phenoxy) is 2. The van der Waals surface area contributed by atoms with Gasteiger partial charge in [0.25, 0.3) is 0 Å². The van der Waals surface area contributed by atoms with Gasteiger partial charge in [0.05, 0.1) is 19.2 Å². The van der Waals surface area contributed by atoms with Gasteiger partial charge in [-0.25, -0.2) is 0 Å². The van der Waals surface area contributed by atoms with Gasteiger partial charge in [-0.1, -0.05) is 12.5 Å². The summed E-state index contributed by atoms with van der Waals surface area (Å²) in [5.41, 5.74) is 2.37. The molecular weight excluding hydrogens is 424 g/mol. The van der Waals surface area contributed by atoms with E-state index in [0.29, 0.717) is 22.7 Å². The number of anilines is 1. The van der Waals surface area contributed by atoms with E-state index in [1.807, 2.05) is 0 Å². The Bertz CT molecular complexity index is 972. The van der Waals surface area contributed by atoms with Crippen molar-refractivity contribution >= 4 is 22.2 Å². The summed E-state index contributed by atoms with van der Waals surface area (Å²) in [5.74, 6) is -0.0643. The first-order chi connectivity index (χ1) is 14.9. The molecule has 0 unspecified atom stereocenters. The van der Waals surface area contributed by atoms with Crippen LogP contribution in [0.2, 0.25) is 0 Å². The molecule has 9 heteroatoms. The summed E-state index contributed by atoms with van der Waals surface area (Å²) >= 11 is 1.50. The lowest BCUT2D eigenvalue weighted by Gasteiger charge is -2.17. The number of nitrogens with zero attached hydrogens (tertiary/aromatic N) is 2. The average molecular weight is 450 g/mol. The summed E-state index contributed by atoms with van der Waals surface area (Å²) in [6.45, 7) is -2.52. The lowest BCUT2D eigenvalue weighted by atomic mass is 10.1. The first kappa shape index (κ1) is 23.0. The van der Waals surface area contributed by atoms with Crippen LogP contribution in [0.5, 0.6) is 11.5 Å². The number of halogens is 2. The minimum absolute atomic E-state index is 0.0494. The molecule has 0 atom stereocenters. The maximum atomic E-state index is 12.6. The zero-order chi connectivity index (χ0) is 22.4. The fourth-order valence-electron chi connectivity index (χ4n) is 3.74. The SMILES string of the molecule is COc1ccc(CN(C)CC(=O)Nc2sc3c(c2C#N)CCCCC3)cc1OC(F)F. The zero-order valence-corrected chi connectivity index (χ0v) is 18.4. The fraction of sp³-hybridized carbons (Fsp3) is 0.455. The smallest absolute Gasteiger partial charge is 0.387 e. The van der Waals surface area contributed by atoms with Crippen molar-refractivity contribution < 1.29 is 23.0 Å². The Hall–Kier alpha value is -2.70. The van der Waals surface area contributed by atoms with Crippen molar-refractivity contribution in [1.82, 2.24) is 4.90 Å². The second-order valence-corrected chi connectivity index (χ2v) is 8.57. The van der Waals surface area contributed by atoms with E-state index in [9.17, 15) is 18.8 Å². The standard InChI is InChI=1S/C22H25F2N3O3S/c1-27(12-14-8-9-17(29-2)18(10-14)30-22(23)24)13-20(28)26-21-16(11-25)15-6-4-3-5-7-19(15)31-21/h8-10,22H,3-7,12-13H2,1-2H3,(H,26,28). The topological polar surface area (TPSA) is 74.6 Å². The van der Waals surface area contributed by atoms with Gasteiger partial charge >= 0.3 is 6.61 Å². The minimum Gasteiger partial charge on any atom is -0.493 e. The highest BCUT2D eigenvalue weighted by atomic mass is 32.1. The van der Waals surface area contributed by atoms with Crippen LogP contribution in [0.4, 0.5) is 13.8 Å². The Morgan fingerprint density at radius 1 is 1.29 bits per heavy atom. The molecule has 1 aliphatic rings. The van der Waals surface area contributed by atoms with E-state index in [-0.39, 0.29) is 24.0 Å². The maximum Gasteiger partial charge on any atom is 0.387 e. The number of carbonyl (C=O) groups is 1. The Morgan fingerprint density at radius 3 is 2.77 bits per heavy atom. The van der Waals surface area contributed by atoms with Crippen molar-refractivity contribution in [3.8, 4) is 17.6 Å². The summed E-state index contributed by atoms with van der Waals surface area (Å²) in [5, 5.41) is 13.1. The molecule has 0 saturated carbocycles. The molecule has 0 aliphatic heterocycles. The second kappa shape index (κ2) is 10.6. The fourth-order valence-corrected chi connectivity index (χ4v) is 4.99. The van der Waals surface area contributed by atoms with Gasteiger partial charge in [0.1, 0.15) is 11.1 Å². The quantitative estimate of drug-likeness (QED) is 0.598. The van der Waals surface area contributed by atoms with Gasteiger partial charge in [0.2, 0.25) is 5.91 Å². The molecule has 0 spiro atoms. The van der Waals surface area contributed by atoms with Crippen molar-refractivity contribution in [1.29, 1.82) is 5.26 Å². The van der Waals surface area contributed by atoms with E-state index < -0.39 is 6.61 Å². The van der Waals surface area contributed by atoms with Crippen LogP contribution in [0, 0.1) is 11.3 Å². The molecule has 1 aromatic carbocycles. The lowest BCUT2D eigenvalue weighted by Crippen LogP contribution is -2.29. The third-order valence-corrected chi connectivity index (χ3v) is 6.30. The lowest BCUT2D eigenvalue weighted by molar-refractivity contribution is -0.117. The van der Waals surface area contributed by atoms with E-state index in [1.165, 1.54) is 29.4 Å². The molecule has 1 N–H and O–H groups in total. The number of methoxy groups -OCH3 is 1. The van der Waals surface area contributed by atoms with Crippen molar-refractivity contribution in [2.45, 2.75) is 45.3 Å².